The lowest BCUT2D eigenvalue weighted by molar-refractivity contribution is -0.160. The highest BCUT2D eigenvalue weighted by Gasteiger charge is 2.43. The van der Waals surface area contributed by atoms with Gasteiger partial charge in [-0.05, 0) is 51.3 Å². The van der Waals surface area contributed by atoms with Crippen LogP contribution in [0.2, 0.25) is 0 Å². The van der Waals surface area contributed by atoms with Gasteiger partial charge in [0.15, 0.2) is 0 Å². The van der Waals surface area contributed by atoms with Gasteiger partial charge >= 0.3 is 0 Å². The maximum atomic E-state index is 13.0. The Morgan fingerprint density at radius 1 is 1.38 bits per heavy atom. The fourth-order valence-corrected chi connectivity index (χ4v) is 3.61. The average Bonchev–Trinajstić information content (AvgIpc) is 3.01. The van der Waals surface area contributed by atoms with Crippen LogP contribution < -0.4 is 5.32 Å². The molecule has 3 rings (SSSR count). The number of rotatable bonds is 3. The molecule has 1 N–H and O–H groups in total. The molecule has 24 heavy (non-hydrogen) atoms. The van der Waals surface area contributed by atoms with Crippen molar-refractivity contribution in [2.24, 2.45) is 0 Å². The monoisotopic (exact) mass is 378 g/mol. The highest BCUT2D eigenvalue weighted by atomic mass is 35.5. The van der Waals surface area contributed by atoms with Crippen LogP contribution in [0.1, 0.15) is 37.3 Å². The van der Waals surface area contributed by atoms with Crippen LogP contribution in [0.5, 0.6) is 0 Å². The summed E-state index contributed by atoms with van der Waals surface area (Å²) in [5, 5.41) is 7.72. The van der Waals surface area contributed by atoms with E-state index < -0.39 is 5.60 Å². The van der Waals surface area contributed by atoms with Gasteiger partial charge in [0, 0.05) is 26.4 Å². The van der Waals surface area contributed by atoms with E-state index in [1.807, 2.05) is 22.7 Å². The Labute approximate surface area is 156 Å². The molecule has 0 saturated carbocycles. The van der Waals surface area contributed by atoms with Gasteiger partial charge in [0.25, 0.3) is 5.91 Å². The van der Waals surface area contributed by atoms with E-state index in [0.717, 1.165) is 57.4 Å². The third-order valence-corrected chi connectivity index (χ3v) is 4.98. The fourth-order valence-electron chi connectivity index (χ4n) is 3.61. The smallest absolute Gasteiger partial charge is 0.254 e. The molecule has 1 unspecified atom stereocenters. The van der Waals surface area contributed by atoms with E-state index in [0.29, 0.717) is 0 Å². The number of methoxy groups -OCH3 is 1. The first-order chi connectivity index (χ1) is 10.6. The summed E-state index contributed by atoms with van der Waals surface area (Å²) in [7, 11) is 1.67. The molecular weight excluding hydrogens is 351 g/mol. The molecule has 2 saturated heterocycles. The Morgan fingerprint density at radius 3 is 2.67 bits per heavy atom. The second kappa shape index (κ2) is 9.04. The topological polar surface area (TPSA) is 59.4 Å². The van der Waals surface area contributed by atoms with Gasteiger partial charge in [-0.15, -0.1) is 24.8 Å². The molecule has 138 valence electrons. The number of likely N-dealkylation sites (tertiary alicyclic amines) is 1. The van der Waals surface area contributed by atoms with Gasteiger partial charge in [0.1, 0.15) is 5.60 Å². The lowest BCUT2D eigenvalue weighted by Gasteiger charge is -2.41. The van der Waals surface area contributed by atoms with E-state index in [1.165, 1.54) is 0 Å². The summed E-state index contributed by atoms with van der Waals surface area (Å²) in [6.45, 7) is 5.29. The summed E-state index contributed by atoms with van der Waals surface area (Å²) in [6.07, 6.45) is 7.55. The number of nitrogens with zero attached hydrogens (tertiary/aromatic N) is 3. The number of hydrogen-bond acceptors (Lipinski definition) is 4. The zero-order valence-electron chi connectivity index (χ0n) is 14.4. The quantitative estimate of drug-likeness (QED) is 0.873. The molecule has 0 spiro atoms. The largest absolute Gasteiger partial charge is 0.368 e. The zero-order valence-corrected chi connectivity index (χ0v) is 16.0. The SMILES string of the molecule is COC1(C(=O)N2CCCC(n3cc(C)cn3)C2)CCNCC1.Cl.Cl. The molecule has 0 bridgehead atoms. The van der Waals surface area contributed by atoms with Crippen molar-refractivity contribution in [3.05, 3.63) is 18.0 Å². The third kappa shape index (κ3) is 4.23. The molecule has 6 nitrogen and oxygen atoms in total. The first-order valence-electron chi connectivity index (χ1n) is 8.21. The molecule has 1 aromatic heterocycles. The number of carbonyl (C=O) groups excluding carboxylic acids is 1. The van der Waals surface area contributed by atoms with Crippen molar-refractivity contribution in [1.82, 2.24) is 20.0 Å². The predicted octanol–water partition coefficient (Wildman–Crippen LogP) is 1.97. The Kier molecular flexibility index (Phi) is 7.99. The van der Waals surface area contributed by atoms with Gasteiger partial charge in [-0.25, -0.2) is 0 Å². The average molecular weight is 379 g/mol. The number of piperidine rings is 2. The van der Waals surface area contributed by atoms with Crippen LogP contribution in [0.3, 0.4) is 0 Å². The Morgan fingerprint density at radius 2 is 2.08 bits per heavy atom. The van der Waals surface area contributed by atoms with Gasteiger partial charge in [0.05, 0.1) is 12.2 Å². The standard InChI is InChI=1S/C16H26N4O2.2ClH/c1-13-10-18-20(11-13)14-4-3-9-19(12-14)15(21)16(22-2)5-7-17-8-6-16;;/h10-11,14,17H,3-9,12H2,1-2H3;2*1H. The van der Waals surface area contributed by atoms with Crippen molar-refractivity contribution in [2.75, 3.05) is 33.3 Å². The molecular formula is C16H28Cl2N4O2. The number of aryl methyl sites for hydroxylation is 1. The van der Waals surface area contributed by atoms with Gasteiger partial charge in [-0.2, -0.15) is 5.10 Å². The second-order valence-corrected chi connectivity index (χ2v) is 6.49. The molecule has 1 atom stereocenters. The Bertz CT molecular complexity index is 532. The minimum Gasteiger partial charge on any atom is -0.368 e. The molecule has 2 aliphatic heterocycles. The minimum absolute atomic E-state index is 0. The molecule has 1 aromatic rings. The summed E-state index contributed by atoms with van der Waals surface area (Å²) in [6, 6.07) is 0.280. The van der Waals surface area contributed by atoms with Gasteiger partial charge in [0.2, 0.25) is 0 Å². The molecule has 0 aromatic carbocycles. The van der Waals surface area contributed by atoms with Crippen LogP contribution in [-0.2, 0) is 9.53 Å². The summed E-state index contributed by atoms with van der Waals surface area (Å²) >= 11 is 0. The number of ether oxygens (including phenoxy) is 1. The van der Waals surface area contributed by atoms with E-state index in [1.54, 1.807) is 7.11 Å². The number of halogens is 2. The molecule has 1 amide bonds. The van der Waals surface area contributed by atoms with Crippen LogP contribution in [0.4, 0.5) is 0 Å². The molecule has 2 fully saturated rings. The van der Waals surface area contributed by atoms with Crippen molar-refractivity contribution < 1.29 is 9.53 Å². The van der Waals surface area contributed by atoms with E-state index in [2.05, 4.69) is 16.6 Å². The van der Waals surface area contributed by atoms with Crippen LogP contribution >= 0.6 is 24.8 Å². The first kappa shape index (κ1) is 21.2. The highest BCUT2D eigenvalue weighted by molar-refractivity contribution is 5.86. The molecule has 0 radical (unpaired) electrons. The summed E-state index contributed by atoms with van der Waals surface area (Å²) in [4.78, 5) is 15.0. The van der Waals surface area contributed by atoms with E-state index in [4.69, 9.17) is 4.74 Å². The third-order valence-electron chi connectivity index (χ3n) is 4.98. The Balaban J connectivity index is 0.00000144. The minimum atomic E-state index is -0.632. The molecule has 3 heterocycles. The first-order valence-corrected chi connectivity index (χ1v) is 8.21. The number of carbonyl (C=O) groups is 1. The van der Waals surface area contributed by atoms with Gasteiger partial charge < -0.3 is 15.0 Å². The van der Waals surface area contributed by atoms with Gasteiger partial charge in [-0.1, -0.05) is 0 Å². The number of hydrogen-bond donors (Lipinski definition) is 1. The normalized spacial score (nSPS) is 23.1. The fraction of sp³-hybridized carbons (Fsp3) is 0.750. The predicted molar refractivity (Wildman–Crippen MR) is 98.2 cm³/mol. The van der Waals surface area contributed by atoms with E-state index in [9.17, 15) is 4.79 Å². The highest BCUT2D eigenvalue weighted by Crippen LogP contribution is 2.29. The Hall–Kier alpha value is -0.820. The lowest BCUT2D eigenvalue weighted by atomic mass is 9.89. The van der Waals surface area contributed by atoms with Gasteiger partial charge in [-0.3, -0.25) is 9.48 Å². The van der Waals surface area contributed by atoms with Crippen molar-refractivity contribution in [2.45, 2.75) is 44.2 Å². The number of nitrogens with one attached hydrogen (secondary N) is 1. The molecule has 2 aliphatic rings. The summed E-state index contributed by atoms with van der Waals surface area (Å²) in [5.74, 6) is 0.157. The van der Waals surface area contributed by atoms with Crippen LogP contribution in [0.25, 0.3) is 0 Å². The summed E-state index contributed by atoms with van der Waals surface area (Å²) in [5.41, 5.74) is 0.530. The molecule has 8 heteroatoms. The second-order valence-electron chi connectivity index (χ2n) is 6.49. The summed E-state index contributed by atoms with van der Waals surface area (Å²) < 4.78 is 7.70. The maximum absolute atomic E-state index is 13.0. The molecule has 0 aliphatic carbocycles. The van der Waals surface area contributed by atoms with Crippen LogP contribution in [0.15, 0.2) is 12.4 Å². The van der Waals surface area contributed by atoms with E-state index >= 15 is 0 Å². The van der Waals surface area contributed by atoms with Crippen molar-refractivity contribution in [3.8, 4) is 0 Å². The number of amides is 1. The van der Waals surface area contributed by atoms with Crippen LogP contribution in [-0.4, -0.2) is 59.5 Å². The van der Waals surface area contributed by atoms with Crippen molar-refractivity contribution in [3.63, 3.8) is 0 Å². The van der Waals surface area contributed by atoms with Crippen molar-refractivity contribution in [1.29, 1.82) is 0 Å². The van der Waals surface area contributed by atoms with E-state index in [-0.39, 0.29) is 36.8 Å². The maximum Gasteiger partial charge on any atom is 0.254 e. The zero-order chi connectivity index (χ0) is 15.6. The van der Waals surface area contributed by atoms with Crippen molar-refractivity contribution >= 4 is 30.7 Å². The van der Waals surface area contributed by atoms with Crippen LogP contribution in [0, 0.1) is 6.92 Å². The number of aromatic nitrogens is 2. The lowest BCUT2D eigenvalue weighted by Crippen LogP contribution is -2.57.